The Kier molecular flexibility index (Phi) is 4.69. The van der Waals surface area contributed by atoms with Crippen LogP contribution in [0.25, 0.3) is 0 Å². The minimum Gasteiger partial charge on any atom is -0.297 e. The number of hydrogen-bond acceptors (Lipinski definition) is 5. The van der Waals surface area contributed by atoms with E-state index in [-0.39, 0.29) is 5.91 Å². The van der Waals surface area contributed by atoms with Crippen LogP contribution in [0, 0.1) is 0 Å². The molecule has 0 saturated carbocycles. The number of rotatable bonds is 5. The molecule has 3 nitrogen and oxygen atoms in total. The molecule has 0 aliphatic rings. The predicted molar refractivity (Wildman–Crippen MR) is 90.4 cm³/mol. The van der Waals surface area contributed by atoms with Crippen LogP contribution in [0.3, 0.4) is 0 Å². The van der Waals surface area contributed by atoms with E-state index in [4.69, 9.17) is 0 Å². The van der Waals surface area contributed by atoms with Crippen LogP contribution >= 0.6 is 34.4 Å². The lowest BCUT2D eigenvalue weighted by Gasteiger charge is -1.99. The van der Waals surface area contributed by atoms with Crippen LogP contribution in [0.2, 0.25) is 0 Å². The molecule has 0 radical (unpaired) electrons. The van der Waals surface area contributed by atoms with Crippen LogP contribution in [0.15, 0.2) is 58.1 Å². The number of carbonyl (C=O) groups is 1. The maximum atomic E-state index is 11.9. The topological polar surface area (TPSA) is 42.0 Å². The number of benzene rings is 1. The predicted octanol–water partition coefficient (Wildman–Crippen LogP) is 4.75. The summed E-state index contributed by atoms with van der Waals surface area (Å²) in [6, 6.07) is 13.9. The molecule has 0 aliphatic carbocycles. The van der Waals surface area contributed by atoms with Gasteiger partial charge in [-0.25, -0.2) is 4.98 Å². The van der Waals surface area contributed by atoms with E-state index in [0.29, 0.717) is 10.0 Å². The summed E-state index contributed by atoms with van der Waals surface area (Å²) in [6.07, 6.45) is 0. The monoisotopic (exact) mass is 332 g/mol. The van der Waals surface area contributed by atoms with Gasteiger partial charge in [-0.15, -0.1) is 34.4 Å². The molecule has 3 aromatic rings. The van der Waals surface area contributed by atoms with E-state index < -0.39 is 0 Å². The minimum absolute atomic E-state index is 0.0957. The number of thioether (sulfide) groups is 1. The lowest BCUT2D eigenvalue weighted by Crippen LogP contribution is -2.09. The molecule has 3 rings (SSSR count). The molecule has 0 spiro atoms. The van der Waals surface area contributed by atoms with E-state index in [9.17, 15) is 4.79 Å². The van der Waals surface area contributed by atoms with Gasteiger partial charge in [0.1, 0.15) is 0 Å². The molecule has 0 fully saturated rings. The third-order valence-electron chi connectivity index (χ3n) is 2.65. The van der Waals surface area contributed by atoms with Crippen molar-refractivity contribution < 1.29 is 4.79 Å². The number of anilines is 1. The second-order valence-electron chi connectivity index (χ2n) is 4.18. The number of thiophene rings is 1. The molecule has 106 valence electrons. The molecule has 0 atom stereocenters. The summed E-state index contributed by atoms with van der Waals surface area (Å²) in [6.45, 7) is 0. The fraction of sp³-hybridized carbons (Fsp3) is 0.0667. The number of aromatic nitrogens is 1. The Bertz CT molecular complexity index is 708. The Morgan fingerprint density at radius 3 is 2.76 bits per heavy atom. The minimum atomic E-state index is -0.0957. The average Bonchev–Trinajstić information content (AvgIpc) is 3.18. The van der Waals surface area contributed by atoms with E-state index in [1.807, 2.05) is 35.0 Å². The lowest BCUT2D eigenvalue weighted by molar-refractivity contribution is 0.103. The number of nitrogens with zero attached hydrogens (tertiary/aromatic N) is 1. The standard InChI is InChI=1S/C15H12N2OS3/c18-14(13-7-4-8-19-13)17-15-16-11(10-21-15)9-20-12-5-2-1-3-6-12/h1-8,10H,9H2,(H,16,17,18). The summed E-state index contributed by atoms with van der Waals surface area (Å²) in [7, 11) is 0. The van der Waals surface area contributed by atoms with Gasteiger partial charge in [0.2, 0.25) is 0 Å². The van der Waals surface area contributed by atoms with Crippen LogP contribution in [-0.2, 0) is 5.75 Å². The van der Waals surface area contributed by atoms with Crippen molar-refractivity contribution in [2.24, 2.45) is 0 Å². The first-order valence-corrected chi connectivity index (χ1v) is 9.03. The molecule has 1 N–H and O–H groups in total. The highest BCUT2D eigenvalue weighted by Crippen LogP contribution is 2.25. The number of amides is 1. The van der Waals surface area contributed by atoms with Gasteiger partial charge in [0, 0.05) is 16.0 Å². The quantitative estimate of drug-likeness (QED) is 0.686. The molecule has 0 aliphatic heterocycles. The third-order valence-corrected chi connectivity index (χ3v) is 5.37. The average molecular weight is 332 g/mol. The fourth-order valence-corrected chi connectivity index (χ4v) is 3.91. The van der Waals surface area contributed by atoms with Crippen LogP contribution in [-0.4, -0.2) is 10.9 Å². The molecule has 21 heavy (non-hydrogen) atoms. The third kappa shape index (κ3) is 3.93. The van der Waals surface area contributed by atoms with E-state index >= 15 is 0 Å². The molecule has 0 bridgehead atoms. The molecule has 2 aromatic heterocycles. The van der Waals surface area contributed by atoms with Gasteiger partial charge in [-0.05, 0) is 23.6 Å². The Morgan fingerprint density at radius 1 is 1.14 bits per heavy atom. The zero-order valence-corrected chi connectivity index (χ0v) is 13.4. The van der Waals surface area contributed by atoms with Crippen LogP contribution in [0.1, 0.15) is 15.4 Å². The summed E-state index contributed by atoms with van der Waals surface area (Å²) >= 11 is 4.62. The number of thiazole rings is 1. The van der Waals surface area contributed by atoms with Crippen molar-refractivity contribution in [2.45, 2.75) is 10.6 Å². The van der Waals surface area contributed by atoms with Gasteiger partial charge in [0.05, 0.1) is 10.6 Å². The number of nitrogens with one attached hydrogen (secondary N) is 1. The number of hydrogen-bond donors (Lipinski definition) is 1. The van der Waals surface area contributed by atoms with E-state index in [2.05, 4.69) is 22.4 Å². The summed E-state index contributed by atoms with van der Waals surface area (Å²) in [5, 5.41) is 7.36. The Morgan fingerprint density at radius 2 is 2.00 bits per heavy atom. The van der Waals surface area contributed by atoms with Crippen molar-refractivity contribution >= 4 is 45.5 Å². The highest BCUT2D eigenvalue weighted by molar-refractivity contribution is 7.98. The lowest BCUT2D eigenvalue weighted by atomic mass is 10.4. The molecular formula is C15H12N2OS3. The number of carbonyl (C=O) groups excluding carboxylic acids is 1. The van der Waals surface area contributed by atoms with Gasteiger partial charge in [-0.2, -0.15) is 0 Å². The van der Waals surface area contributed by atoms with Gasteiger partial charge < -0.3 is 0 Å². The Balaban J connectivity index is 1.57. The summed E-state index contributed by atoms with van der Waals surface area (Å²) < 4.78 is 0. The largest absolute Gasteiger partial charge is 0.297 e. The zero-order chi connectivity index (χ0) is 14.5. The van der Waals surface area contributed by atoms with Gasteiger partial charge in [-0.3, -0.25) is 10.1 Å². The van der Waals surface area contributed by atoms with Gasteiger partial charge >= 0.3 is 0 Å². The SMILES string of the molecule is O=C(Nc1nc(CSc2ccccc2)cs1)c1cccs1. The summed E-state index contributed by atoms with van der Waals surface area (Å²) in [5.74, 6) is 0.705. The van der Waals surface area contributed by atoms with Gasteiger partial charge in [0.25, 0.3) is 5.91 Å². The van der Waals surface area contributed by atoms with Crippen molar-refractivity contribution in [2.75, 3.05) is 5.32 Å². The molecule has 1 amide bonds. The first kappa shape index (κ1) is 14.3. The highest BCUT2D eigenvalue weighted by Gasteiger charge is 2.09. The van der Waals surface area contributed by atoms with Crippen LogP contribution < -0.4 is 5.32 Å². The highest BCUT2D eigenvalue weighted by atomic mass is 32.2. The van der Waals surface area contributed by atoms with E-state index in [1.54, 1.807) is 17.8 Å². The van der Waals surface area contributed by atoms with Crippen molar-refractivity contribution in [3.05, 3.63) is 63.8 Å². The van der Waals surface area contributed by atoms with Crippen molar-refractivity contribution in [1.29, 1.82) is 0 Å². The molecular weight excluding hydrogens is 320 g/mol. The summed E-state index contributed by atoms with van der Waals surface area (Å²) in [4.78, 5) is 18.3. The van der Waals surface area contributed by atoms with Gasteiger partial charge in [-0.1, -0.05) is 24.3 Å². The Hall–Kier alpha value is -1.63. The molecule has 2 heterocycles. The van der Waals surface area contributed by atoms with E-state index in [0.717, 1.165) is 11.4 Å². The first-order chi connectivity index (χ1) is 10.3. The maximum Gasteiger partial charge on any atom is 0.267 e. The zero-order valence-electron chi connectivity index (χ0n) is 11.0. The van der Waals surface area contributed by atoms with Crippen molar-refractivity contribution in [3.63, 3.8) is 0 Å². The normalized spacial score (nSPS) is 10.5. The molecule has 0 saturated heterocycles. The van der Waals surface area contributed by atoms with Gasteiger partial charge in [0.15, 0.2) is 5.13 Å². The maximum absolute atomic E-state index is 11.9. The second-order valence-corrected chi connectivity index (χ2v) is 7.03. The molecule has 6 heteroatoms. The Labute approximate surface area is 135 Å². The van der Waals surface area contributed by atoms with Crippen LogP contribution in [0.4, 0.5) is 5.13 Å². The molecule has 0 unspecified atom stereocenters. The first-order valence-electron chi connectivity index (χ1n) is 6.28. The van der Waals surface area contributed by atoms with Crippen molar-refractivity contribution in [3.8, 4) is 0 Å². The second kappa shape index (κ2) is 6.89. The molecule has 1 aromatic carbocycles. The summed E-state index contributed by atoms with van der Waals surface area (Å²) in [5.41, 5.74) is 0.982. The van der Waals surface area contributed by atoms with Crippen LogP contribution in [0.5, 0.6) is 0 Å². The fourth-order valence-electron chi connectivity index (χ4n) is 1.67. The smallest absolute Gasteiger partial charge is 0.267 e. The van der Waals surface area contributed by atoms with Crippen molar-refractivity contribution in [1.82, 2.24) is 4.98 Å². The van der Waals surface area contributed by atoms with E-state index in [1.165, 1.54) is 27.6 Å².